The van der Waals surface area contributed by atoms with Crippen LogP contribution in [0.4, 0.5) is 5.69 Å². The SMILES string of the molecule is CC(C)c1ccc(Oc2nc3ccccc3n3c(=O)n(CC(=O)Nc4cccc(C#N)c4)nc23)cc1. The van der Waals surface area contributed by atoms with Crippen LogP contribution in [0.5, 0.6) is 11.6 Å². The van der Waals surface area contributed by atoms with E-state index in [-0.39, 0.29) is 18.1 Å². The predicted molar refractivity (Wildman–Crippen MR) is 135 cm³/mol. The number of rotatable bonds is 6. The van der Waals surface area contributed by atoms with Gasteiger partial charge in [-0.2, -0.15) is 5.26 Å². The number of hydrogen-bond donors (Lipinski definition) is 1. The maximum absolute atomic E-state index is 13.3. The molecule has 36 heavy (non-hydrogen) atoms. The molecule has 0 aliphatic carbocycles. The number of nitrogens with zero attached hydrogens (tertiary/aromatic N) is 5. The standard InChI is InChI=1S/C27H22N6O3/c1-17(2)19-10-12-21(13-11-19)36-26-25-31-32(16-24(34)29-20-7-5-6-18(14-20)15-28)27(35)33(25)23-9-4-3-8-22(23)30-26/h3-14,17H,16H2,1-2H3,(H,29,34). The fraction of sp³-hybridized carbons (Fsp3) is 0.148. The van der Waals surface area contributed by atoms with E-state index in [1.54, 1.807) is 42.5 Å². The van der Waals surface area contributed by atoms with Gasteiger partial charge >= 0.3 is 5.69 Å². The summed E-state index contributed by atoms with van der Waals surface area (Å²) in [4.78, 5) is 30.6. The summed E-state index contributed by atoms with van der Waals surface area (Å²) in [5, 5.41) is 16.1. The molecule has 1 amide bonds. The molecule has 5 aromatic rings. The van der Waals surface area contributed by atoms with Gasteiger partial charge in [0.1, 0.15) is 12.3 Å². The molecule has 178 valence electrons. The van der Waals surface area contributed by atoms with Gasteiger partial charge in [0.05, 0.1) is 22.7 Å². The van der Waals surface area contributed by atoms with E-state index in [1.807, 2.05) is 36.4 Å². The van der Waals surface area contributed by atoms with Gasteiger partial charge in [-0.15, -0.1) is 5.10 Å². The van der Waals surface area contributed by atoms with E-state index < -0.39 is 11.6 Å². The molecule has 0 fully saturated rings. The van der Waals surface area contributed by atoms with Gasteiger partial charge in [0, 0.05) is 5.69 Å². The Morgan fingerprint density at radius 3 is 2.61 bits per heavy atom. The number of hydrogen-bond acceptors (Lipinski definition) is 6. The van der Waals surface area contributed by atoms with Crippen LogP contribution in [0.25, 0.3) is 16.7 Å². The summed E-state index contributed by atoms with van der Waals surface area (Å²) in [6.07, 6.45) is 0. The lowest BCUT2D eigenvalue weighted by Crippen LogP contribution is -2.28. The molecule has 1 N–H and O–H groups in total. The Bertz CT molecular complexity index is 1690. The third-order valence-electron chi connectivity index (χ3n) is 5.71. The zero-order chi connectivity index (χ0) is 25.2. The first-order valence-corrected chi connectivity index (χ1v) is 11.4. The van der Waals surface area contributed by atoms with Gasteiger partial charge in [-0.25, -0.2) is 18.9 Å². The van der Waals surface area contributed by atoms with Crippen molar-refractivity contribution in [1.82, 2.24) is 19.2 Å². The van der Waals surface area contributed by atoms with Gasteiger partial charge in [-0.05, 0) is 53.9 Å². The molecule has 2 heterocycles. The Morgan fingerprint density at radius 1 is 1.08 bits per heavy atom. The lowest BCUT2D eigenvalue weighted by atomic mass is 10.0. The van der Waals surface area contributed by atoms with Crippen LogP contribution in [0.15, 0.2) is 77.6 Å². The Labute approximate surface area is 206 Å². The fourth-order valence-corrected chi connectivity index (χ4v) is 3.88. The number of fused-ring (bicyclic) bond motifs is 3. The molecule has 0 atom stereocenters. The molecule has 0 aliphatic rings. The zero-order valence-electron chi connectivity index (χ0n) is 19.7. The maximum atomic E-state index is 13.3. The number of para-hydroxylation sites is 2. The van der Waals surface area contributed by atoms with Crippen LogP contribution in [0, 0.1) is 11.3 Å². The van der Waals surface area contributed by atoms with Gasteiger partial charge in [-0.3, -0.25) is 4.79 Å². The molecule has 5 rings (SSSR count). The van der Waals surface area contributed by atoms with Crippen molar-refractivity contribution in [3.63, 3.8) is 0 Å². The summed E-state index contributed by atoms with van der Waals surface area (Å²) in [7, 11) is 0. The largest absolute Gasteiger partial charge is 0.436 e. The highest BCUT2D eigenvalue weighted by molar-refractivity contribution is 5.90. The number of aromatic nitrogens is 4. The molecule has 2 aromatic heterocycles. The third-order valence-corrected chi connectivity index (χ3v) is 5.71. The zero-order valence-corrected chi connectivity index (χ0v) is 19.7. The second kappa shape index (κ2) is 9.35. The number of ether oxygens (including phenoxy) is 1. The van der Waals surface area contributed by atoms with Gasteiger partial charge in [0.15, 0.2) is 0 Å². The van der Waals surface area contributed by atoms with Crippen molar-refractivity contribution in [2.45, 2.75) is 26.3 Å². The monoisotopic (exact) mass is 478 g/mol. The molecule has 3 aromatic carbocycles. The van der Waals surface area contributed by atoms with Gasteiger partial charge in [0.2, 0.25) is 11.6 Å². The summed E-state index contributed by atoms with van der Waals surface area (Å²) in [5.41, 5.74) is 2.85. The second-order valence-electron chi connectivity index (χ2n) is 8.57. The Morgan fingerprint density at radius 2 is 1.86 bits per heavy atom. The lowest BCUT2D eigenvalue weighted by molar-refractivity contribution is -0.117. The minimum Gasteiger partial charge on any atom is -0.436 e. The second-order valence-corrected chi connectivity index (χ2v) is 8.57. The van der Waals surface area contributed by atoms with E-state index in [9.17, 15) is 9.59 Å². The van der Waals surface area contributed by atoms with Gasteiger partial charge < -0.3 is 10.1 Å². The van der Waals surface area contributed by atoms with Crippen LogP contribution in [0.2, 0.25) is 0 Å². The van der Waals surface area contributed by atoms with Gasteiger partial charge in [-0.1, -0.05) is 44.2 Å². The molecular weight excluding hydrogens is 456 g/mol. The third kappa shape index (κ3) is 4.40. The average molecular weight is 479 g/mol. The number of nitrogens with one attached hydrogen (secondary N) is 1. The van der Waals surface area contributed by atoms with Crippen LogP contribution < -0.4 is 15.7 Å². The summed E-state index contributed by atoms with van der Waals surface area (Å²) < 4.78 is 8.51. The fourth-order valence-electron chi connectivity index (χ4n) is 3.88. The summed E-state index contributed by atoms with van der Waals surface area (Å²) in [6.45, 7) is 3.90. The van der Waals surface area contributed by atoms with E-state index in [4.69, 9.17) is 10.00 Å². The number of amides is 1. The topological polar surface area (TPSA) is 114 Å². The highest BCUT2D eigenvalue weighted by atomic mass is 16.5. The Hall–Kier alpha value is -4.97. The molecule has 0 spiro atoms. The minimum absolute atomic E-state index is 0.156. The lowest BCUT2D eigenvalue weighted by Gasteiger charge is -2.09. The summed E-state index contributed by atoms with van der Waals surface area (Å²) >= 11 is 0. The Balaban J connectivity index is 1.52. The smallest absolute Gasteiger partial charge is 0.351 e. The molecule has 0 unspecified atom stereocenters. The first-order valence-electron chi connectivity index (χ1n) is 11.4. The van der Waals surface area contributed by atoms with E-state index in [2.05, 4.69) is 29.2 Å². The number of benzene rings is 3. The summed E-state index contributed by atoms with van der Waals surface area (Å²) in [5.74, 6) is 0.636. The van der Waals surface area contributed by atoms with E-state index in [0.29, 0.717) is 34.0 Å². The van der Waals surface area contributed by atoms with Crippen LogP contribution in [-0.4, -0.2) is 25.1 Å². The number of nitriles is 1. The molecule has 9 heteroatoms. The van der Waals surface area contributed by atoms with Crippen LogP contribution >= 0.6 is 0 Å². The molecule has 0 aliphatic heterocycles. The van der Waals surface area contributed by atoms with Gasteiger partial charge in [0.25, 0.3) is 5.88 Å². The number of carbonyl (C=O) groups is 1. The number of carbonyl (C=O) groups excluding carboxylic acids is 1. The minimum atomic E-state index is -0.496. The van der Waals surface area contributed by atoms with Crippen molar-refractivity contribution in [1.29, 1.82) is 5.26 Å². The van der Waals surface area contributed by atoms with Crippen LogP contribution in [0.3, 0.4) is 0 Å². The normalized spacial score (nSPS) is 11.1. The molecular formula is C27H22N6O3. The molecule has 0 radical (unpaired) electrons. The van der Waals surface area contributed by atoms with Crippen molar-refractivity contribution in [2.24, 2.45) is 0 Å². The van der Waals surface area contributed by atoms with Crippen molar-refractivity contribution in [3.8, 4) is 17.7 Å². The first kappa shape index (κ1) is 22.8. The van der Waals surface area contributed by atoms with E-state index in [0.717, 1.165) is 4.68 Å². The Kier molecular flexibility index (Phi) is 5.92. The van der Waals surface area contributed by atoms with Crippen molar-refractivity contribution >= 4 is 28.3 Å². The molecule has 0 saturated carbocycles. The molecule has 0 saturated heterocycles. The van der Waals surface area contributed by atoms with Crippen molar-refractivity contribution < 1.29 is 9.53 Å². The average Bonchev–Trinajstić information content (AvgIpc) is 3.20. The maximum Gasteiger partial charge on any atom is 0.351 e. The van der Waals surface area contributed by atoms with Crippen LogP contribution in [0.1, 0.15) is 30.9 Å². The first-order chi connectivity index (χ1) is 17.4. The van der Waals surface area contributed by atoms with Crippen LogP contribution in [-0.2, 0) is 11.3 Å². The molecule has 9 nitrogen and oxygen atoms in total. The highest BCUT2D eigenvalue weighted by Gasteiger charge is 2.19. The van der Waals surface area contributed by atoms with E-state index in [1.165, 1.54) is 9.96 Å². The van der Waals surface area contributed by atoms with Crippen molar-refractivity contribution in [3.05, 3.63) is 94.4 Å². The highest BCUT2D eigenvalue weighted by Crippen LogP contribution is 2.27. The van der Waals surface area contributed by atoms with E-state index >= 15 is 0 Å². The predicted octanol–water partition coefficient (Wildman–Crippen LogP) is 4.47. The van der Waals surface area contributed by atoms with Crippen molar-refractivity contribution in [2.75, 3.05) is 5.32 Å². The molecule has 0 bridgehead atoms. The summed E-state index contributed by atoms with van der Waals surface area (Å²) in [6, 6.07) is 23.4. The quantitative estimate of drug-likeness (QED) is 0.385. The number of anilines is 1.